The van der Waals surface area contributed by atoms with Gasteiger partial charge in [0.2, 0.25) is 0 Å². The molecule has 1 aliphatic heterocycles. The number of aromatic nitrogens is 3. The van der Waals surface area contributed by atoms with Crippen molar-refractivity contribution < 1.29 is 0 Å². The van der Waals surface area contributed by atoms with Gasteiger partial charge in [-0.05, 0) is 24.1 Å². The van der Waals surface area contributed by atoms with Crippen molar-refractivity contribution in [3.8, 4) is 11.4 Å². The quantitative estimate of drug-likeness (QED) is 0.668. The van der Waals surface area contributed by atoms with Gasteiger partial charge in [0.05, 0.1) is 5.69 Å². The Kier molecular flexibility index (Phi) is 4.47. The summed E-state index contributed by atoms with van der Waals surface area (Å²) in [6.07, 6.45) is 4.80. The molecule has 0 bridgehead atoms. The van der Waals surface area contributed by atoms with Crippen molar-refractivity contribution in [3.05, 3.63) is 76.3 Å². The van der Waals surface area contributed by atoms with Crippen molar-refractivity contribution in [3.63, 3.8) is 0 Å². The standard InChI is InChI=1S/C20H19ClN4/c1-14-9-19(21)22-10-16(14)12-25-8-7-18-17(13-25)11-23-20(24-18)15-5-3-2-4-6-15/h2-6,9-11H,7-8,12-13H2,1H3. The van der Waals surface area contributed by atoms with E-state index >= 15 is 0 Å². The van der Waals surface area contributed by atoms with Gasteiger partial charge in [-0.15, -0.1) is 0 Å². The van der Waals surface area contributed by atoms with Crippen molar-refractivity contribution in [2.24, 2.45) is 0 Å². The fourth-order valence-electron chi connectivity index (χ4n) is 3.19. The number of rotatable bonds is 3. The zero-order valence-electron chi connectivity index (χ0n) is 14.1. The predicted octanol–water partition coefficient (Wildman–Crippen LogP) is 4.06. The van der Waals surface area contributed by atoms with Gasteiger partial charge in [-0.1, -0.05) is 41.9 Å². The number of hydrogen-bond acceptors (Lipinski definition) is 4. The normalized spacial score (nSPS) is 14.3. The first-order chi connectivity index (χ1) is 12.2. The van der Waals surface area contributed by atoms with Gasteiger partial charge < -0.3 is 0 Å². The maximum atomic E-state index is 5.95. The maximum absolute atomic E-state index is 5.95. The second-order valence-electron chi connectivity index (χ2n) is 6.43. The Morgan fingerprint density at radius 1 is 1.12 bits per heavy atom. The molecule has 0 amide bonds. The monoisotopic (exact) mass is 350 g/mol. The lowest BCUT2D eigenvalue weighted by atomic mass is 10.0. The lowest BCUT2D eigenvalue weighted by Crippen LogP contribution is -2.31. The molecule has 2 aromatic heterocycles. The molecule has 126 valence electrons. The number of halogens is 1. The van der Waals surface area contributed by atoms with Crippen molar-refractivity contribution in [2.75, 3.05) is 6.54 Å². The molecule has 0 saturated carbocycles. The molecule has 0 N–H and O–H groups in total. The van der Waals surface area contributed by atoms with Crippen molar-refractivity contribution in [1.82, 2.24) is 19.9 Å². The van der Waals surface area contributed by atoms with Crippen LogP contribution in [0.3, 0.4) is 0 Å². The van der Waals surface area contributed by atoms with Crippen molar-refractivity contribution in [1.29, 1.82) is 0 Å². The third-order valence-corrected chi connectivity index (χ3v) is 4.83. The van der Waals surface area contributed by atoms with Gasteiger partial charge in [-0.25, -0.2) is 15.0 Å². The average molecular weight is 351 g/mol. The maximum Gasteiger partial charge on any atom is 0.159 e. The Hall–Kier alpha value is -2.30. The Morgan fingerprint density at radius 3 is 2.76 bits per heavy atom. The zero-order chi connectivity index (χ0) is 17.2. The summed E-state index contributed by atoms with van der Waals surface area (Å²) in [4.78, 5) is 16.0. The first kappa shape index (κ1) is 16.2. The van der Waals surface area contributed by atoms with Gasteiger partial charge in [-0.3, -0.25) is 4.90 Å². The summed E-state index contributed by atoms with van der Waals surface area (Å²) in [7, 11) is 0. The van der Waals surface area contributed by atoms with E-state index in [1.807, 2.05) is 48.8 Å². The van der Waals surface area contributed by atoms with E-state index in [4.69, 9.17) is 16.6 Å². The second kappa shape index (κ2) is 6.90. The van der Waals surface area contributed by atoms with Gasteiger partial charge in [0.25, 0.3) is 0 Å². The second-order valence-corrected chi connectivity index (χ2v) is 6.81. The molecule has 25 heavy (non-hydrogen) atoms. The highest BCUT2D eigenvalue weighted by atomic mass is 35.5. The topological polar surface area (TPSA) is 41.9 Å². The number of pyridine rings is 1. The van der Waals surface area contributed by atoms with Crippen molar-refractivity contribution >= 4 is 11.6 Å². The van der Waals surface area contributed by atoms with E-state index in [1.54, 1.807) is 0 Å². The highest BCUT2D eigenvalue weighted by molar-refractivity contribution is 6.29. The molecule has 4 nitrogen and oxygen atoms in total. The van der Waals surface area contributed by atoms with E-state index in [9.17, 15) is 0 Å². The van der Waals surface area contributed by atoms with Gasteiger partial charge in [0.15, 0.2) is 5.82 Å². The molecule has 5 heteroatoms. The SMILES string of the molecule is Cc1cc(Cl)ncc1CN1CCc2nc(-c3ccccc3)ncc2C1. The van der Waals surface area contributed by atoms with Gasteiger partial charge in [0, 0.05) is 49.6 Å². The van der Waals surface area contributed by atoms with E-state index in [-0.39, 0.29) is 0 Å². The van der Waals surface area contributed by atoms with Crippen LogP contribution in [-0.4, -0.2) is 26.4 Å². The molecule has 3 heterocycles. The summed E-state index contributed by atoms with van der Waals surface area (Å²) in [5.41, 5.74) is 5.84. The largest absolute Gasteiger partial charge is 0.294 e. The minimum Gasteiger partial charge on any atom is -0.294 e. The molecule has 0 atom stereocenters. The molecule has 0 fully saturated rings. The molecule has 3 aromatic rings. The molecule has 0 spiro atoms. The molecule has 1 aromatic carbocycles. The minimum atomic E-state index is 0.548. The van der Waals surface area contributed by atoms with Crippen LogP contribution in [0.1, 0.15) is 22.4 Å². The lowest BCUT2D eigenvalue weighted by molar-refractivity contribution is 0.242. The Labute approximate surface area is 152 Å². The zero-order valence-corrected chi connectivity index (χ0v) is 14.9. The van der Waals surface area contributed by atoms with Crippen LogP contribution in [0.5, 0.6) is 0 Å². The summed E-state index contributed by atoms with van der Waals surface area (Å²) < 4.78 is 0. The summed E-state index contributed by atoms with van der Waals surface area (Å²) in [5.74, 6) is 0.811. The molecule has 0 unspecified atom stereocenters. The molecule has 0 radical (unpaired) electrons. The molecule has 1 aliphatic rings. The van der Waals surface area contributed by atoms with E-state index in [1.165, 1.54) is 16.7 Å². The smallest absolute Gasteiger partial charge is 0.159 e. The Balaban J connectivity index is 1.52. The average Bonchev–Trinajstić information content (AvgIpc) is 2.64. The van der Waals surface area contributed by atoms with Crippen molar-refractivity contribution in [2.45, 2.75) is 26.4 Å². The van der Waals surface area contributed by atoms with E-state index in [0.29, 0.717) is 5.15 Å². The number of fused-ring (bicyclic) bond motifs is 1. The van der Waals surface area contributed by atoms with E-state index in [2.05, 4.69) is 21.8 Å². The first-order valence-electron chi connectivity index (χ1n) is 8.42. The van der Waals surface area contributed by atoms with Crippen LogP contribution >= 0.6 is 11.6 Å². The van der Waals surface area contributed by atoms with Gasteiger partial charge in [-0.2, -0.15) is 0 Å². The van der Waals surface area contributed by atoms with Crippen LogP contribution in [0.4, 0.5) is 0 Å². The fraction of sp³-hybridized carbons (Fsp3) is 0.250. The molecular formula is C20H19ClN4. The number of benzene rings is 1. The third kappa shape index (κ3) is 3.55. The summed E-state index contributed by atoms with van der Waals surface area (Å²) >= 11 is 5.95. The van der Waals surface area contributed by atoms with E-state index in [0.717, 1.165) is 43.1 Å². The highest BCUT2D eigenvalue weighted by Gasteiger charge is 2.19. The van der Waals surface area contributed by atoms with Crippen LogP contribution in [0, 0.1) is 6.92 Å². The molecule has 0 aliphatic carbocycles. The van der Waals surface area contributed by atoms with Crippen LogP contribution < -0.4 is 0 Å². The van der Waals surface area contributed by atoms with Crippen LogP contribution in [0.15, 0.2) is 48.8 Å². The van der Waals surface area contributed by atoms with Gasteiger partial charge >= 0.3 is 0 Å². The summed E-state index contributed by atoms with van der Waals surface area (Å²) in [5, 5.41) is 0.548. The predicted molar refractivity (Wildman–Crippen MR) is 99.3 cm³/mol. The molecular weight excluding hydrogens is 332 g/mol. The minimum absolute atomic E-state index is 0.548. The van der Waals surface area contributed by atoms with Crippen LogP contribution in [0.2, 0.25) is 5.15 Å². The highest BCUT2D eigenvalue weighted by Crippen LogP contribution is 2.23. The van der Waals surface area contributed by atoms with Gasteiger partial charge in [0.1, 0.15) is 5.15 Å². The molecule has 0 saturated heterocycles. The summed E-state index contributed by atoms with van der Waals surface area (Å²) in [6, 6.07) is 12.1. The Morgan fingerprint density at radius 2 is 1.96 bits per heavy atom. The van der Waals surface area contributed by atoms with Crippen LogP contribution in [-0.2, 0) is 19.5 Å². The number of hydrogen-bond donors (Lipinski definition) is 0. The van der Waals surface area contributed by atoms with Crippen LogP contribution in [0.25, 0.3) is 11.4 Å². The number of nitrogens with zero attached hydrogens (tertiary/aromatic N) is 4. The van der Waals surface area contributed by atoms with E-state index < -0.39 is 0 Å². The Bertz CT molecular complexity index is 895. The first-order valence-corrected chi connectivity index (χ1v) is 8.80. The third-order valence-electron chi connectivity index (χ3n) is 4.62. The summed E-state index contributed by atoms with van der Waals surface area (Å²) in [6.45, 7) is 4.80. The number of aryl methyl sites for hydroxylation is 1. The molecule has 4 rings (SSSR count). The lowest BCUT2D eigenvalue weighted by Gasteiger charge is -2.28. The fourth-order valence-corrected chi connectivity index (χ4v) is 3.40.